The molecule has 0 radical (unpaired) electrons. The molecule has 19 N–H and O–H groups in total. The Labute approximate surface area is 440 Å². The number of hydrogen-bond donors (Lipinski definition) is 16. The quantitative estimate of drug-likeness (QED) is 0.0424. The number of hydrogen-bond acceptors (Lipinski definition) is 16. The first kappa shape index (κ1) is 66.2. The molecule has 0 bridgehead atoms. The molecule has 10 atom stereocenters. The molecule has 31 nitrogen and oxygen atoms in total. The molecule has 426 valence electrons. The van der Waals surface area contributed by atoms with Gasteiger partial charge < -0.3 is 85.7 Å². The molecule has 1 aliphatic heterocycles. The standard InChI is InChI=1S/C44H71N13O18S/c1-5-20(2)34-43(74)55-23(8-12-29(45)58)38(69)51-22(7-6-17-48-44(47)75)37(68)53-26(11-15-33(64)65)39(70)52-24(9-13-31(60)61)36(67)49-21(3)35(66)50-25(10-14-32(62)63)40(71)56-28(19-30(46)59)42(73)54-27(16-18-76-4)41(72)57-34/h20-28,34H,5-19H2,1-4H3,(H2,45,58)(H2,46,59)(H,49,67)(H,50,66)(H,51,69)(H,52,70)(H,53,68)(H,54,73)(H,55,74)(H,56,71)(H,57,72)(H,60,61)(H,62,63)(H,64,65)(H3,47,48,75)/t20-,21-,22-,23-,24-,25-,26-,27-,28-,34-/m0/s1. The van der Waals surface area contributed by atoms with Gasteiger partial charge >= 0.3 is 23.9 Å². The third-order valence-electron chi connectivity index (χ3n) is 11.6. The maximum absolute atomic E-state index is 14.2. The smallest absolute Gasteiger partial charge is 0.312 e. The molecule has 1 fully saturated rings. The molecule has 0 spiro atoms. The van der Waals surface area contributed by atoms with Gasteiger partial charge in [-0.15, -0.1) is 0 Å². The van der Waals surface area contributed by atoms with E-state index in [0.29, 0.717) is 0 Å². The lowest BCUT2D eigenvalue weighted by Gasteiger charge is -2.29. The van der Waals surface area contributed by atoms with Crippen LogP contribution in [-0.4, -0.2) is 177 Å². The molecule has 0 aromatic carbocycles. The molecular weight excluding hydrogens is 1030 g/mol. The fourth-order valence-corrected chi connectivity index (χ4v) is 7.59. The van der Waals surface area contributed by atoms with Crippen molar-refractivity contribution < 1.29 is 87.2 Å². The summed E-state index contributed by atoms with van der Waals surface area (Å²) in [4.78, 5) is 196. The van der Waals surface area contributed by atoms with Gasteiger partial charge in [0.25, 0.3) is 0 Å². The van der Waals surface area contributed by atoms with Crippen LogP contribution < -0.4 is 70.4 Å². The Bertz CT molecular complexity index is 2150. The van der Waals surface area contributed by atoms with E-state index in [4.69, 9.17) is 17.2 Å². The number of aliphatic carboxylic acids is 3. The number of thioether (sulfide) groups is 1. The Morgan fingerprint density at radius 3 is 1.25 bits per heavy atom. The minimum Gasteiger partial charge on any atom is -0.481 e. The summed E-state index contributed by atoms with van der Waals surface area (Å²) in [6.07, 6.45) is -4.95. The van der Waals surface area contributed by atoms with Crippen LogP contribution in [0.15, 0.2) is 0 Å². The Kier molecular flexibility index (Phi) is 29.5. The van der Waals surface area contributed by atoms with Crippen molar-refractivity contribution >= 4 is 101 Å². The van der Waals surface area contributed by atoms with E-state index in [1.54, 1.807) is 20.1 Å². The van der Waals surface area contributed by atoms with Crippen molar-refractivity contribution in [2.75, 3.05) is 18.6 Å². The zero-order valence-electron chi connectivity index (χ0n) is 42.5. The van der Waals surface area contributed by atoms with Crippen molar-refractivity contribution in [1.82, 2.24) is 53.2 Å². The molecule has 1 saturated heterocycles. The van der Waals surface area contributed by atoms with E-state index in [9.17, 15) is 87.2 Å². The first-order valence-corrected chi connectivity index (χ1v) is 25.5. The summed E-state index contributed by atoms with van der Waals surface area (Å²) in [7, 11) is 0. The molecule has 76 heavy (non-hydrogen) atoms. The molecule has 0 aliphatic carbocycles. The van der Waals surface area contributed by atoms with E-state index in [0.717, 1.165) is 6.92 Å². The van der Waals surface area contributed by atoms with Crippen molar-refractivity contribution in [1.29, 1.82) is 0 Å². The highest BCUT2D eigenvalue weighted by molar-refractivity contribution is 7.98. The van der Waals surface area contributed by atoms with Gasteiger partial charge in [0.1, 0.15) is 54.4 Å². The second-order valence-electron chi connectivity index (χ2n) is 17.7. The zero-order chi connectivity index (χ0) is 57.8. The minimum atomic E-state index is -1.88. The van der Waals surface area contributed by atoms with Crippen LogP contribution in [0.1, 0.15) is 104 Å². The number of urea groups is 1. The summed E-state index contributed by atoms with van der Waals surface area (Å²) < 4.78 is 0. The molecule has 0 aromatic heterocycles. The normalized spacial score (nSPS) is 24.4. The van der Waals surface area contributed by atoms with E-state index >= 15 is 0 Å². The summed E-state index contributed by atoms with van der Waals surface area (Å²) >= 11 is 1.24. The molecule has 32 heteroatoms. The summed E-state index contributed by atoms with van der Waals surface area (Å²) in [6, 6.07) is -16.4. The average Bonchev–Trinajstić information content (AvgIpc) is 3.33. The minimum absolute atomic E-state index is 0.0982. The average molecular weight is 1100 g/mol. The van der Waals surface area contributed by atoms with Gasteiger partial charge in [-0.25, -0.2) is 4.79 Å². The van der Waals surface area contributed by atoms with Gasteiger partial charge in [-0.2, -0.15) is 11.8 Å². The molecule has 0 saturated carbocycles. The van der Waals surface area contributed by atoms with Gasteiger partial charge in [0.05, 0.1) is 6.42 Å². The molecular formula is C44H71N13O18S. The lowest BCUT2D eigenvalue weighted by molar-refractivity contribution is -0.140. The van der Waals surface area contributed by atoms with Gasteiger partial charge in [0, 0.05) is 32.2 Å². The number of nitrogens with one attached hydrogen (secondary N) is 10. The number of carbonyl (C=O) groups excluding carboxylic acids is 12. The second kappa shape index (κ2) is 33.9. The van der Waals surface area contributed by atoms with Crippen LogP contribution in [0.4, 0.5) is 4.79 Å². The number of carboxylic acids is 3. The third-order valence-corrected chi connectivity index (χ3v) is 12.2. The Balaban J connectivity index is 4.18. The van der Waals surface area contributed by atoms with Crippen LogP contribution in [0, 0.1) is 5.92 Å². The van der Waals surface area contributed by atoms with Crippen LogP contribution in [0.25, 0.3) is 0 Å². The van der Waals surface area contributed by atoms with Crippen molar-refractivity contribution in [2.45, 2.75) is 159 Å². The SMILES string of the molecule is CC[C@H](C)[C@@H]1NC(=O)[C@H](CCSC)NC(=O)[C@H](CC(N)=O)NC(=O)[C@H](CCC(=O)O)NC(=O)[C@H](C)NC(=O)[C@H](CCC(=O)O)NC(=O)[C@H](CCC(=O)O)NC(=O)[C@H](CCCNC(N)=O)NC(=O)[C@H](CCC(N)=O)NC1=O. The van der Waals surface area contributed by atoms with E-state index in [-0.39, 0.29) is 38.0 Å². The molecule has 0 unspecified atom stereocenters. The van der Waals surface area contributed by atoms with Gasteiger partial charge in [-0.05, 0) is 69.8 Å². The van der Waals surface area contributed by atoms with Gasteiger partial charge in [-0.1, -0.05) is 20.3 Å². The van der Waals surface area contributed by atoms with Crippen LogP contribution in [0.2, 0.25) is 0 Å². The van der Waals surface area contributed by atoms with E-state index in [1.807, 2.05) is 0 Å². The highest BCUT2D eigenvalue weighted by Gasteiger charge is 2.37. The summed E-state index contributed by atoms with van der Waals surface area (Å²) in [5.41, 5.74) is 16.0. The van der Waals surface area contributed by atoms with Crippen LogP contribution in [0.5, 0.6) is 0 Å². The number of rotatable bonds is 23. The molecule has 0 aromatic rings. The fourth-order valence-electron chi connectivity index (χ4n) is 7.12. The van der Waals surface area contributed by atoms with Crippen LogP contribution in [0.3, 0.4) is 0 Å². The largest absolute Gasteiger partial charge is 0.481 e. The maximum atomic E-state index is 14.2. The molecule has 1 aliphatic rings. The molecule has 13 amide bonds. The first-order chi connectivity index (χ1) is 35.6. The van der Waals surface area contributed by atoms with Crippen LogP contribution in [-0.2, 0) is 67.1 Å². The molecule has 1 rings (SSSR count). The zero-order valence-corrected chi connectivity index (χ0v) is 43.3. The van der Waals surface area contributed by atoms with Crippen molar-refractivity contribution in [3.63, 3.8) is 0 Å². The Hall–Kier alpha value is -7.80. The van der Waals surface area contributed by atoms with E-state index in [2.05, 4.69) is 53.2 Å². The monoisotopic (exact) mass is 1100 g/mol. The lowest BCUT2D eigenvalue weighted by Crippen LogP contribution is -2.61. The number of carbonyl (C=O) groups is 15. The van der Waals surface area contributed by atoms with Crippen LogP contribution >= 0.6 is 11.8 Å². The van der Waals surface area contributed by atoms with E-state index in [1.165, 1.54) is 11.8 Å². The summed E-state index contributed by atoms with van der Waals surface area (Å²) in [5.74, 6) is -17.3. The van der Waals surface area contributed by atoms with Crippen molar-refractivity contribution in [3.8, 4) is 0 Å². The predicted octanol–water partition coefficient (Wildman–Crippen LogP) is -5.63. The van der Waals surface area contributed by atoms with Gasteiger partial charge in [0.15, 0.2) is 0 Å². The Morgan fingerprint density at radius 1 is 0.500 bits per heavy atom. The van der Waals surface area contributed by atoms with Gasteiger partial charge in [-0.3, -0.25) is 67.1 Å². The number of amides is 13. The first-order valence-electron chi connectivity index (χ1n) is 24.1. The van der Waals surface area contributed by atoms with Gasteiger partial charge in [0.2, 0.25) is 65.0 Å². The maximum Gasteiger partial charge on any atom is 0.312 e. The molecule has 1 heterocycles. The Morgan fingerprint density at radius 2 is 0.855 bits per heavy atom. The van der Waals surface area contributed by atoms with Crippen molar-refractivity contribution in [3.05, 3.63) is 0 Å². The summed E-state index contributed by atoms with van der Waals surface area (Å²) in [5, 5.41) is 51.8. The van der Waals surface area contributed by atoms with E-state index < -0.39 is 207 Å². The lowest BCUT2D eigenvalue weighted by atomic mass is 9.96. The highest BCUT2D eigenvalue weighted by Crippen LogP contribution is 2.13. The number of primary amides is 3. The number of carboxylic acid groups (broad SMARTS) is 3. The predicted molar refractivity (Wildman–Crippen MR) is 265 cm³/mol. The summed E-state index contributed by atoms with van der Waals surface area (Å²) in [6.45, 7) is 4.11. The number of nitrogens with two attached hydrogens (primary N) is 3. The van der Waals surface area contributed by atoms with Crippen molar-refractivity contribution in [2.24, 2.45) is 23.1 Å². The third kappa shape index (κ3) is 25.4. The second-order valence-corrected chi connectivity index (χ2v) is 18.7. The topological polar surface area (TPSA) is 515 Å². The fraction of sp³-hybridized carbons (Fsp3) is 0.659. The highest BCUT2D eigenvalue weighted by atomic mass is 32.2.